The average Bonchev–Trinajstić information content (AvgIpc) is 2.97. The summed E-state index contributed by atoms with van der Waals surface area (Å²) in [5, 5.41) is 3.93. The van der Waals surface area contributed by atoms with E-state index in [1.165, 1.54) is 6.07 Å². The lowest BCUT2D eigenvalue weighted by molar-refractivity contribution is 0.121. The van der Waals surface area contributed by atoms with Crippen molar-refractivity contribution in [1.82, 2.24) is 10.1 Å². The second-order valence-corrected chi connectivity index (χ2v) is 5.39. The van der Waals surface area contributed by atoms with Crippen LogP contribution in [0.1, 0.15) is 25.3 Å². The molecule has 3 rings (SSSR count). The van der Waals surface area contributed by atoms with Gasteiger partial charge in [-0.25, -0.2) is 4.39 Å². The van der Waals surface area contributed by atoms with Crippen LogP contribution in [0.2, 0.25) is 0 Å². The summed E-state index contributed by atoms with van der Waals surface area (Å²) in [6.07, 6.45) is 0. The first-order chi connectivity index (χ1) is 10.1. The van der Waals surface area contributed by atoms with Crippen LogP contribution in [0.4, 0.5) is 10.3 Å². The van der Waals surface area contributed by atoms with E-state index in [0.717, 1.165) is 5.56 Å². The van der Waals surface area contributed by atoms with Crippen molar-refractivity contribution in [2.24, 2.45) is 0 Å². The number of anilines is 1. The summed E-state index contributed by atoms with van der Waals surface area (Å²) in [7, 11) is 0. The van der Waals surface area contributed by atoms with Crippen LogP contribution in [0.5, 0.6) is 0 Å². The molecular formula is C15H18FN3O2. The Morgan fingerprint density at radius 2 is 2.00 bits per heavy atom. The lowest BCUT2D eigenvalue weighted by Gasteiger charge is -2.24. The Balaban J connectivity index is 1.85. The number of halogens is 1. The third-order valence-corrected chi connectivity index (χ3v) is 3.60. The van der Waals surface area contributed by atoms with E-state index in [0.29, 0.717) is 37.8 Å². The first-order valence-electron chi connectivity index (χ1n) is 7.11. The molecule has 0 N–H and O–H groups in total. The van der Waals surface area contributed by atoms with Crippen molar-refractivity contribution in [2.75, 3.05) is 31.2 Å². The molecule has 1 fully saturated rings. The fourth-order valence-electron chi connectivity index (χ4n) is 2.28. The Kier molecular flexibility index (Phi) is 3.88. The first kappa shape index (κ1) is 14.0. The van der Waals surface area contributed by atoms with Crippen molar-refractivity contribution >= 4 is 5.95 Å². The van der Waals surface area contributed by atoms with E-state index < -0.39 is 0 Å². The number of hydrogen-bond acceptors (Lipinski definition) is 5. The molecule has 1 aliphatic heterocycles. The quantitative estimate of drug-likeness (QED) is 0.870. The van der Waals surface area contributed by atoms with Gasteiger partial charge >= 0.3 is 0 Å². The van der Waals surface area contributed by atoms with E-state index >= 15 is 0 Å². The highest BCUT2D eigenvalue weighted by Gasteiger charge is 2.19. The molecule has 1 aliphatic rings. The van der Waals surface area contributed by atoms with E-state index in [1.54, 1.807) is 6.07 Å². The fraction of sp³-hybridized carbons (Fsp3) is 0.467. The van der Waals surface area contributed by atoms with Gasteiger partial charge in [0.05, 0.1) is 18.8 Å². The summed E-state index contributed by atoms with van der Waals surface area (Å²) in [5.74, 6) is 0.642. The predicted octanol–water partition coefficient (Wildman–Crippen LogP) is 2.84. The molecule has 1 saturated heterocycles. The van der Waals surface area contributed by atoms with Gasteiger partial charge in [0.25, 0.3) is 11.8 Å². The molecule has 1 aromatic carbocycles. The Morgan fingerprint density at radius 3 is 2.67 bits per heavy atom. The number of rotatable bonds is 3. The lowest BCUT2D eigenvalue weighted by Crippen LogP contribution is -2.36. The minimum atomic E-state index is -0.335. The summed E-state index contributed by atoms with van der Waals surface area (Å²) in [6, 6.07) is 5.11. The van der Waals surface area contributed by atoms with Gasteiger partial charge in [0.15, 0.2) is 0 Å². The van der Waals surface area contributed by atoms with Gasteiger partial charge in [-0.3, -0.25) is 0 Å². The van der Waals surface area contributed by atoms with E-state index in [1.807, 2.05) is 24.8 Å². The molecule has 21 heavy (non-hydrogen) atoms. The molecule has 6 heteroatoms. The molecule has 1 aromatic heterocycles. The Labute approximate surface area is 122 Å². The monoisotopic (exact) mass is 291 g/mol. The third kappa shape index (κ3) is 2.90. The number of hydrogen-bond donors (Lipinski definition) is 0. The molecule has 0 atom stereocenters. The molecule has 0 amide bonds. The van der Waals surface area contributed by atoms with Gasteiger partial charge in [-0.05, 0) is 28.8 Å². The normalized spacial score (nSPS) is 15.7. The average molecular weight is 291 g/mol. The van der Waals surface area contributed by atoms with Gasteiger partial charge in [-0.15, -0.1) is 0 Å². The van der Waals surface area contributed by atoms with E-state index in [-0.39, 0.29) is 17.6 Å². The van der Waals surface area contributed by atoms with Crippen molar-refractivity contribution in [3.63, 3.8) is 0 Å². The number of ether oxygens (including phenoxy) is 1. The highest BCUT2D eigenvalue weighted by atomic mass is 19.1. The van der Waals surface area contributed by atoms with Gasteiger partial charge < -0.3 is 14.2 Å². The highest BCUT2D eigenvalue weighted by molar-refractivity contribution is 5.56. The maximum Gasteiger partial charge on any atom is 0.266 e. The third-order valence-electron chi connectivity index (χ3n) is 3.60. The van der Waals surface area contributed by atoms with Crippen molar-refractivity contribution < 1.29 is 13.7 Å². The molecule has 0 unspecified atom stereocenters. The lowest BCUT2D eigenvalue weighted by atomic mass is 10.0. The Hall–Kier alpha value is -1.95. The van der Waals surface area contributed by atoms with Crippen LogP contribution in [0.15, 0.2) is 22.7 Å². The standard InChI is InChI=1S/C15H18FN3O2/c1-10(2)11-3-4-12(13(16)9-11)14-17-15(18-21-14)19-5-7-20-8-6-19/h3-4,9-10H,5-8H2,1-2H3. The van der Waals surface area contributed by atoms with Crippen LogP contribution in [0, 0.1) is 5.82 Å². The number of morpholine rings is 1. The molecule has 0 radical (unpaired) electrons. The smallest absolute Gasteiger partial charge is 0.266 e. The van der Waals surface area contributed by atoms with E-state index in [2.05, 4.69) is 10.1 Å². The van der Waals surface area contributed by atoms with E-state index in [9.17, 15) is 4.39 Å². The minimum absolute atomic E-state index is 0.212. The zero-order valence-electron chi connectivity index (χ0n) is 12.2. The SMILES string of the molecule is CC(C)c1ccc(-c2nc(N3CCOCC3)no2)c(F)c1. The molecule has 5 nitrogen and oxygen atoms in total. The molecule has 0 bridgehead atoms. The Morgan fingerprint density at radius 1 is 1.24 bits per heavy atom. The maximum atomic E-state index is 14.2. The molecule has 2 aromatic rings. The number of benzene rings is 1. The van der Waals surface area contributed by atoms with Gasteiger partial charge in [-0.2, -0.15) is 4.98 Å². The fourth-order valence-corrected chi connectivity index (χ4v) is 2.28. The van der Waals surface area contributed by atoms with Crippen LogP contribution in [0.3, 0.4) is 0 Å². The molecule has 0 aliphatic carbocycles. The molecule has 112 valence electrons. The van der Waals surface area contributed by atoms with Crippen molar-refractivity contribution in [3.8, 4) is 11.5 Å². The van der Waals surface area contributed by atoms with Gasteiger partial charge in [0, 0.05) is 13.1 Å². The van der Waals surface area contributed by atoms with E-state index in [4.69, 9.17) is 9.26 Å². The highest BCUT2D eigenvalue weighted by Crippen LogP contribution is 2.26. The van der Waals surface area contributed by atoms with Gasteiger partial charge in [0.1, 0.15) is 5.82 Å². The number of aromatic nitrogens is 2. The second kappa shape index (κ2) is 5.81. The van der Waals surface area contributed by atoms with Gasteiger partial charge in [-0.1, -0.05) is 19.9 Å². The summed E-state index contributed by atoms with van der Waals surface area (Å²) < 4.78 is 24.7. The predicted molar refractivity (Wildman–Crippen MR) is 76.8 cm³/mol. The Bertz CT molecular complexity index is 621. The minimum Gasteiger partial charge on any atom is -0.378 e. The summed E-state index contributed by atoms with van der Waals surface area (Å²) >= 11 is 0. The van der Waals surface area contributed by atoms with Crippen molar-refractivity contribution in [2.45, 2.75) is 19.8 Å². The van der Waals surface area contributed by atoms with Crippen LogP contribution in [0.25, 0.3) is 11.5 Å². The molecule has 0 saturated carbocycles. The first-order valence-corrected chi connectivity index (χ1v) is 7.11. The summed E-state index contributed by atoms with van der Waals surface area (Å²) in [4.78, 5) is 6.26. The van der Waals surface area contributed by atoms with Crippen LogP contribution in [-0.2, 0) is 4.74 Å². The van der Waals surface area contributed by atoms with Gasteiger partial charge in [0.2, 0.25) is 0 Å². The maximum absolute atomic E-state index is 14.2. The molecule has 0 spiro atoms. The second-order valence-electron chi connectivity index (χ2n) is 5.39. The molecular weight excluding hydrogens is 273 g/mol. The summed E-state index contributed by atoms with van der Waals surface area (Å²) in [6.45, 7) is 6.76. The number of nitrogens with zero attached hydrogens (tertiary/aromatic N) is 3. The van der Waals surface area contributed by atoms with Crippen LogP contribution >= 0.6 is 0 Å². The largest absolute Gasteiger partial charge is 0.378 e. The van der Waals surface area contributed by atoms with Crippen molar-refractivity contribution in [1.29, 1.82) is 0 Å². The van der Waals surface area contributed by atoms with Crippen LogP contribution in [-0.4, -0.2) is 36.4 Å². The zero-order chi connectivity index (χ0) is 14.8. The molecule has 2 heterocycles. The topological polar surface area (TPSA) is 51.4 Å². The summed E-state index contributed by atoms with van der Waals surface area (Å²) in [5.41, 5.74) is 1.29. The zero-order valence-corrected chi connectivity index (χ0v) is 12.2. The van der Waals surface area contributed by atoms with Crippen LogP contribution < -0.4 is 4.90 Å². The van der Waals surface area contributed by atoms with Crippen molar-refractivity contribution in [3.05, 3.63) is 29.6 Å².